The van der Waals surface area contributed by atoms with Gasteiger partial charge in [0.05, 0.1) is 12.8 Å². The van der Waals surface area contributed by atoms with Crippen LogP contribution in [0.3, 0.4) is 0 Å². The van der Waals surface area contributed by atoms with Crippen LogP contribution in [0.4, 0.5) is 5.69 Å². The second-order valence-electron chi connectivity index (χ2n) is 7.39. The highest BCUT2D eigenvalue weighted by Gasteiger charge is 2.32. The molecule has 2 amide bonds. The molecule has 0 aliphatic heterocycles. The first-order valence-corrected chi connectivity index (χ1v) is 9.88. The number of carbonyl (C=O) groups excluding carboxylic acids is 2. The Morgan fingerprint density at radius 2 is 1.89 bits per heavy atom. The number of hydrogen-bond acceptors (Lipinski definition) is 4. The maximum atomic E-state index is 12.3. The Morgan fingerprint density at radius 3 is 2.50 bits per heavy atom. The van der Waals surface area contributed by atoms with Crippen LogP contribution >= 0.6 is 24.0 Å². The lowest BCUT2D eigenvalue weighted by Crippen LogP contribution is -2.39. The van der Waals surface area contributed by atoms with Crippen molar-refractivity contribution in [3.05, 3.63) is 22.7 Å². The Hall–Kier alpha value is -1.50. The summed E-state index contributed by atoms with van der Waals surface area (Å²) in [7, 11) is 1.52. The smallest absolute Gasteiger partial charge is 0.226 e. The molecule has 1 aromatic rings. The third-order valence-electron chi connectivity index (χ3n) is 5.31. The van der Waals surface area contributed by atoms with Gasteiger partial charge in [-0.3, -0.25) is 9.59 Å². The van der Waals surface area contributed by atoms with Gasteiger partial charge in [0, 0.05) is 30.5 Å². The van der Waals surface area contributed by atoms with E-state index in [-0.39, 0.29) is 36.1 Å². The number of hydrogen-bond donors (Lipinski definition) is 3. The van der Waals surface area contributed by atoms with Crippen LogP contribution in [0.15, 0.2) is 12.1 Å². The van der Waals surface area contributed by atoms with E-state index in [1.807, 2.05) is 6.92 Å². The number of rotatable bonds is 8. The minimum Gasteiger partial charge on any atom is -0.495 e. The van der Waals surface area contributed by atoms with Crippen molar-refractivity contribution >= 4 is 41.5 Å². The first-order chi connectivity index (χ1) is 12.9. The highest BCUT2D eigenvalue weighted by molar-refractivity contribution is 6.31. The van der Waals surface area contributed by atoms with Crippen LogP contribution in [0.5, 0.6) is 5.75 Å². The maximum absolute atomic E-state index is 12.3. The average molecular weight is 432 g/mol. The molecule has 1 fully saturated rings. The molecule has 158 valence electrons. The Labute approximate surface area is 178 Å². The van der Waals surface area contributed by atoms with Crippen molar-refractivity contribution in [2.45, 2.75) is 51.9 Å². The number of benzene rings is 1. The van der Waals surface area contributed by atoms with Gasteiger partial charge in [-0.05, 0) is 43.4 Å². The summed E-state index contributed by atoms with van der Waals surface area (Å²) in [6.07, 6.45) is 6.13. The van der Waals surface area contributed by atoms with E-state index in [4.69, 9.17) is 22.1 Å². The Morgan fingerprint density at radius 1 is 1.21 bits per heavy atom. The summed E-state index contributed by atoms with van der Waals surface area (Å²) in [5.74, 6) is 0.279. The molecule has 0 atom stereocenters. The quantitative estimate of drug-likeness (QED) is 0.582. The van der Waals surface area contributed by atoms with Gasteiger partial charge in [-0.15, -0.1) is 12.4 Å². The largest absolute Gasteiger partial charge is 0.495 e. The molecule has 0 heterocycles. The van der Waals surface area contributed by atoms with Crippen molar-refractivity contribution in [3.8, 4) is 5.75 Å². The lowest BCUT2D eigenvalue weighted by atomic mass is 9.71. The van der Waals surface area contributed by atoms with Crippen molar-refractivity contribution in [3.63, 3.8) is 0 Å². The van der Waals surface area contributed by atoms with E-state index in [0.717, 1.165) is 31.2 Å². The second kappa shape index (κ2) is 11.5. The molecule has 1 saturated carbocycles. The normalized spacial score (nSPS) is 15.3. The van der Waals surface area contributed by atoms with E-state index in [0.29, 0.717) is 36.0 Å². The summed E-state index contributed by atoms with van der Waals surface area (Å²) in [6.45, 7) is 2.69. The molecule has 4 N–H and O–H groups in total. The zero-order valence-electron chi connectivity index (χ0n) is 16.6. The molecule has 2 rings (SSSR count). The molecule has 0 aromatic heterocycles. The summed E-state index contributed by atoms with van der Waals surface area (Å²) in [6, 6.07) is 3.44. The zero-order valence-corrected chi connectivity index (χ0v) is 18.2. The molecule has 8 heteroatoms. The molecule has 28 heavy (non-hydrogen) atoms. The van der Waals surface area contributed by atoms with Gasteiger partial charge in [0.2, 0.25) is 11.8 Å². The molecule has 0 unspecified atom stereocenters. The van der Waals surface area contributed by atoms with E-state index in [1.165, 1.54) is 13.5 Å². The first kappa shape index (κ1) is 24.5. The molecular weight excluding hydrogens is 401 g/mol. The van der Waals surface area contributed by atoms with Crippen LogP contribution in [-0.2, 0) is 9.59 Å². The maximum Gasteiger partial charge on any atom is 0.226 e. The van der Waals surface area contributed by atoms with Gasteiger partial charge in [0.25, 0.3) is 0 Å². The molecule has 0 saturated heterocycles. The minimum absolute atomic E-state index is 0. The number of amides is 2. The van der Waals surface area contributed by atoms with E-state index in [1.54, 1.807) is 12.1 Å². The summed E-state index contributed by atoms with van der Waals surface area (Å²) in [5.41, 5.74) is 7.28. The number of methoxy groups -OCH3 is 1. The topological polar surface area (TPSA) is 93.5 Å². The number of nitrogens with two attached hydrogens (primary N) is 1. The molecule has 0 spiro atoms. The van der Waals surface area contributed by atoms with E-state index < -0.39 is 0 Å². The Balaban J connectivity index is 0.00000392. The highest BCUT2D eigenvalue weighted by atomic mass is 35.5. The number of nitrogens with one attached hydrogen (secondary N) is 2. The number of carbonyl (C=O) groups is 2. The molecule has 1 aliphatic carbocycles. The third kappa shape index (κ3) is 6.83. The average Bonchev–Trinajstić information content (AvgIpc) is 2.65. The monoisotopic (exact) mass is 431 g/mol. The van der Waals surface area contributed by atoms with Gasteiger partial charge in [-0.25, -0.2) is 0 Å². The predicted molar refractivity (Wildman–Crippen MR) is 115 cm³/mol. The fraction of sp³-hybridized carbons (Fsp3) is 0.600. The van der Waals surface area contributed by atoms with Crippen LogP contribution in [0, 0.1) is 12.3 Å². The van der Waals surface area contributed by atoms with Crippen LogP contribution in [-0.4, -0.2) is 32.0 Å². The first-order valence-electron chi connectivity index (χ1n) is 9.50. The molecule has 0 radical (unpaired) electrons. The molecule has 6 nitrogen and oxygen atoms in total. The van der Waals surface area contributed by atoms with Gasteiger partial charge in [0.15, 0.2) is 0 Å². The number of aryl methyl sites for hydroxylation is 1. The van der Waals surface area contributed by atoms with Crippen molar-refractivity contribution in [1.29, 1.82) is 0 Å². The fourth-order valence-electron chi connectivity index (χ4n) is 3.62. The highest BCUT2D eigenvalue weighted by Crippen LogP contribution is 2.38. The molecule has 0 bridgehead atoms. The Kier molecular flexibility index (Phi) is 10.1. The van der Waals surface area contributed by atoms with Gasteiger partial charge in [-0.1, -0.05) is 30.9 Å². The van der Waals surface area contributed by atoms with Crippen molar-refractivity contribution < 1.29 is 14.3 Å². The third-order valence-corrected chi connectivity index (χ3v) is 5.72. The zero-order chi connectivity index (χ0) is 19.9. The summed E-state index contributed by atoms with van der Waals surface area (Å²) >= 11 is 6.07. The Bertz CT molecular complexity index is 677. The number of halogens is 2. The van der Waals surface area contributed by atoms with Crippen molar-refractivity contribution in [2.75, 3.05) is 25.5 Å². The van der Waals surface area contributed by atoms with Crippen LogP contribution < -0.4 is 21.1 Å². The van der Waals surface area contributed by atoms with Gasteiger partial charge >= 0.3 is 0 Å². The number of ether oxygens (including phenoxy) is 1. The van der Waals surface area contributed by atoms with E-state index in [2.05, 4.69) is 10.6 Å². The van der Waals surface area contributed by atoms with Gasteiger partial charge in [0.1, 0.15) is 5.75 Å². The standard InChI is InChI=1S/C20H30ClN3O3.ClH/c1-14-10-16(17(27-2)11-15(14)21)24-18(25)6-9-23-19(26)12-20(13-22)7-4-3-5-8-20;/h10-11H,3-9,12-13,22H2,1-2H3,(H,23,26)(H,24,25);1H. The van der Waals surface area contributed by atoms with Crippen LogP contribution in [0.25, 0.3) is 0 Å². The second-order valence-corrected chi connectivity index (χ2v) is 7.80. The molecule has 1 aromatic carbocycles. The summed E-state index contributed by atoms with van der Waals surface area (Å²) in [4.78, 5) is 24.5. The van der Waals surface area contributed by atoms with Crippen molar-refractivity contribution in [2.24, 2.45) is 11.1 Å². The number of anilines is 1. The molecule has 1 aliphatic rings. The lowest BCUT2D eigenvalue weighted by Gasteiger charge is -2.35. The molecular formula is C20H31Cl2N3O3. The van der Waals surface area contributed by atoms with Crippen LogP contribution in [0.1, 0.15) is 50.5 Å². The lowest BCUT2D eigenvalue weighted by molar-refractivity contribution is -0.124. The van der Waals surface area contributed by atoms with Gasteiger partial charge < -0.3 is 21.1 Å². The SMILES string of the molecule is COc1cc(Cl)c(C)cc1NC(=O)CCNC(=O)CC1(CN)CCCCC1.Cl. The van der Waals surface area contributed by atoms with Crippen LogP contribution in [0.2, 0.25) is 5.02 Å². The summed E-state index contributed by atoms with van der Waals surface area (Å²) < 4.78 is 5.25. The van der Waals surface area contributed by atoms with Gasteiger partial charge in [-0.2, -0.15) is 0 Å². The minimum atomic E-state index is -0.193. The van der Waals surface area contributed by atoms with Crippen molar-refractivity contribution in [1.82, 2.24) is 5.32 Å². The predicted octanol–water partition coefficient (Wildman–Crippen LogP) is 3.82. The van der Waals surface area contributed by atoms with E-state index in [9.17, 15) is 9.59 Å². The van der Waals surface area contributed by atoms with E-state index >= 15 is 0 Å². The fourth-order valence-corrected chi connectivity index (χ4v) is 3.77. The summed E-state index contributed by atoms with van der Waals surface area (Å²) in [5, 5.41) is 6.23.